The molecule has 188 valence electrons. The van der Waals surface area contributed by atoms with Crippen LogP contribution in [-0.4, -0.2) is 79.8 Å². The van der Waals surface area contributed by atoms with E-state index < -0.39 is 20.5 Å². The summed E-state index contributed by atoms with van der Waals surface area (Å²) < 4.78 is 34.5. The Morgan fingerprint density at radius 1 is 1.11 bits per heavy atom. The van der Waals surface area contributed by atoms with Crippen LogP contribution in [0.5, 0.6) is 0 Å². The third-order valence-corrected chi connectivity index (χ3v) is 8.13. The number of carbonyl (C=O) groups excluding carboxylic acids is 2. The van der Waals surface area contributed by atoms with Gasteiger partial charge in [-0.3, -0.25) is 19.7 Å². The average Bonchev–Trinajstić information content (AvgIpc) is 3.38. The van der Waals surface area contributed by atoms with Gasteiger partial charge in [-0.2, -0.15) is 4.72 Å². The fourth-order valence-electron chi connectivity index (χ4n) is 4.49. The van der Waals surface area contributed by atoms with E-state index in [4.69, 9.17) is 4.42 Å². The molecule has 0 atom stereocenters. The fraction of sp³-hybridized carbons (Fsp3) is 0.455. The van der Waals surface area contributed by atoms with Crippen molar-refractivity contribution in [2.45, 2.75) is 30.2 Å². The lowest BCUT2D eigenvalue weighted by molar-refractivity contribution is -0.385. The first-order chi connectivity index (χ1) is 16.6. The lowest BCUT2D eigenvalue weighted by Gasteiger charge is -2.43. The summed E-state index contributed by atoms with van der Waals surface area (Å²) in [6.45, 7) is 3.48. The van der Waals surface area contributed by atoms with Crippen LogP contribution in [0.2, 0.25) is 0 Å². The Balaban J connectivity index is 1.54. The van der Waals surface area contributed by atoms with Gasteiger partial charge in [0.1, 0.15) is 5.54 Å². The average molecular weight is 506 g/mol. The number of hydrogen-bond donors (Lipinski definition) is 2. The SMILES string of the molecule is Cc1ccc([N+](=O)[O-])cc1S(=O)(=O)NC1(C(=O)N2CCN(C(=O)c3ccco3)CC2)CCNCC1. The van der Waals surface area contributed by atoms with Crippen molar-refractivity contribution in [1.82, 2.24) is 19.8 Å². The molecule has 2 aliphatic heterocycles. The highest BCUT2D eigenvalue weighted by Gasteiger charge is 2.46. The molecule has 1 aromatic carbocycles. The highest BCUT2D eigenvalue weighted by atomic mass is 32.2. The number of non-ortho nitro benzene ring substituents is 1. The number of piperidine rings is 1. The van der Waals surface area contributed by atoms with Gasteiger partial charge in [0.15, 0.2) is 5.76 Å². The summed E-state index contributed by atoms with van der Waals surface area (Å²) in [7, 11) is -4.25. The van der Waals surface area contributed by atoms with Gasteiger partial charge in [-0.25, -0.2) is 8.42 Å². The molecule has 2 fully saturated rings. The molecule has 0 saturated carbocycles. The largest absolute Gasteiger partial charge is 0.459 e. The van der Waals surface area contributed by atoms with Gasteiger partial charge in [-0.05, 0) is 50.6 Å². The van der Waals surface area contributed by atoms with Gasteiger partial charge in [-0.1, -0.05) is 6.07 Å². The quantitative estimate of drug-likeness (QED) is 0.433. The molecule has 13 heteroatoms. The zero-order chi connectivity index (χ0) is 25.2. The van der Waals surface area contributed by atoms with Crippen LogP contribution < -0.4 is 10.0 Å². The normalized spacial score (nSPS) is 18.3. The molecular weight excluding hydrogens is 478 g/mol. The Hall–Kier alpha value is -3.29. The van der Waals surface area contributed by atoms with Crippen molar-refractivity contribution in [3.8, 4) is 0 Å². The van der Waals surface area contributed by atoms with E-state index >= 15 is 0 Å². The first-order valence-corrected chi connectivity index (χ1v) is 12.7. The molecule has 0 bridgehead atoms. The number of aryl methyl sites for hydroxylation is 1. The Bertz CT molecular complexity index is 1210. The van der Waals surface area contributed by atoms with Gasteiger partial charge in [0.2, 0.25) is 15.9 Å². The summed E-state index contributed by atoms with van der Waals surface area (Å²) in [6.07, 6.45) is 1.87. The van der Waals surface area contributed by atoms with Gasteiger partial charge >= 0.3 is 0 Å². The number of benzene rings is 1. The zero-order valence-corrected chi connectivity index (χ0v) is 20.0. The van der Waals surface area contributed by atoms with Crippen molar-refractivity contribution >= 4 is 27.5 Å². The molecule has 2 N–H and O–H groups in total. The second kappa shape index (κ2) is 9.76. The Kier molecular flexibility index (Phi) is 6.92. The third kappa shape index (κ3) is 5.06. The van der Waals surface area contributed by atoms with Crippen LogP contribution in [0.15, 0.2) is 45.9 Å². The predicted molar refractivity (Wildman–Crippen MR) is 124 cm³/mol. The Morgan fingerprint density at radius 2 is 1.77 bits per heavy atom. The molecular formula is C22H27N5O7S. The minimum Gasteiger partial charge on any atom is -0.459 e. The molecule has 0 spiro atoms. The number of carbonyl (C=O) groups is 2. The number of furan rings is 1. The van der Waals surface area contributed by atoms with Crippen molar-refractivity contribution in [2.75, 3.05) is 39.3 Å². The minimum absolute atomic E-state index is 0.222. The lowest BCUT2D eigenvalue weighted by atomic mass is 9.87. The van der Waals surface area contributed by atoms with E-state index in [0.717, 1.165) is 6.07 Å². The van der Waals surface area contributed by atoms with Crippen LogP contribution in [-0.2, 0) is 14.8 Å². The summed E-state index contributed by atoms with van der Waals surface area (Å²) >= 11 is 0. The molecule has 0 aliphatic carbocycles. The highest BCUT2D eigenvalue weighted by molar-refractivity contribution is 7.89. The number of nitrogens with one attached hydrogen (secondary N) is 2. The van der Waals surface area contributed by atoms with E-state index in [9.17, 15) is 28.1 Å². The molecule has 3 heterocycles. The zero-order valence-electron chi connectivity index (χ0n) is 19.2. The van der Waals surface area contributed by atoms with Crippen molar-refractivity contribution in [3.05, 3.63) is 58.0 Å². The Morgan fingerprint density at radius 3 is 2.37 bits per heavy atom. The fourth-order valence-corrected chi connectivity index (χ4v) is 6.17. The molecule has 12 nitrogen and oxygen atoms in total. The maximum Gasteiger partial charge on any atom is 0.289 e. The molecule has 35 heavy (non-hydrogen) atoms. The maximum absolute atomic E-state index is 13.7. The van der Waals surface area contributed by atoms with Crippen molar-refractivity contribution in [2.24, 2.45) is 0 Å². The molecule has 1 aromatic heterocycles. The van der Waals surface area contributed by atoms with Crippen LogP contribution in [0.1, 0.15) is 29.0 Å². The summed E-state index contributed by atoms with van der Waals surface area (Å²) in [5.41, 5.74) is -1.40. The van der Waals surface area contributed by atoms with Gasteiger partial charge in [-0.15, -0.1) is 0 Å². The first kappa shape index (κ1) is 24.8. The number of rotatable bonds is 6. The van der Waals surface area contributed by atoms with Crippen LogP contribution >= 0.6 is 0 Å². The van der Waals surface area contributed by atoms with E-state index in [0.29, 0.717) is 18.7 Å². The van der Waals surface area contributed by atoms with E-state index in [-0.39, 0.29) is 67.2 Å². The summed E-state index contributed by atoms with van der Waals surface area (Å²) in [4.78, 5) is 39.7. The van der Waals surface area contributed by atoms with E-state index in [1.807, 2.05) is 0 Å². The van der Waals surface area contributed by atoms with E-state index in [1.165, 1.54) is 18.4 Å². The highest BCUT2D eigenvalue weighted by Crippen LogP contribution is 2.28. The van der Waals surface area contributed by atoms with Gasteiger partial charge in [0.05, 0.1) is 16.1 Å². The van der Waals surface area contributed by atoms with Crippen LogP contribution in [0.4, 0.5) is 5.69 Å². The van der Waals surface area contributed by atoms with Crippen molar-refractivity contribution in [1.29, 1.82) is 0 Å². The van der Waals surface area contributed by atoms with Gasteiger partial charge < -0.3 is 19.5 Å². The molecule has 2 saturated heterocycles. The molecule has 0 radical (unpaired) electrons. The van der Waals surface area contributed by atoms with Crippen molar-refractivity contribution < 1.29 is 27.3 Å². The van der Waals surface area contributed by atoms with Crippen LogP contribution in [0, 0.1) is 17.0 Å². The Labute approximate surface area is 202 Å². The molecule has 0 unspecified atom stereocenters. The number of nitro benzene ring substituents is 1. The van der Waals surface area contributed by atoms with Crippen LogP contribution in [0.25, 0.3) is 0 Å². The standard InChI is InChI=1S/C22H27N5O7S/c1-16-4-5-17(27(30)31)15-19(16)35(32,33)24-22(6-8-23-9-7-22)21(29)26-12-10-25(11-13-26)20(28)18-3-2-14-34-18/h2-5,14-15,23-24H,6-13H2,1H3. The summed E-state index contributed by atoms with van der Waals surface area (Å²) in [5.74, 6) is -0.407. The number of piperazine rings is 1. The maximum atomic E-state index is 13.7. The van der Waals surface area contributed by atoms with E-state index in [2.05, 4.69) is 10.0 Å². The smallest absolute Gasteiger partial charge is 0.289 e. The monoisotopic (exact) mass is 505 g/mol. The minimum atomic E-state index is -4.25. The predicted octanol–water partition coefficient (Wildman–Crippen LogP) is 0.881. The summed E-state index contributed by atoms with van der Waals surface area (Å²) in [6, 6.07) is 6.83. The lowest BCUT2D eigenvalue weighted by Crippen LogP contribution is -2.65. The van der Waals surface area contributed by atoms with Crippen LogP contribution in [0.3, 0.4) is 0 Å². The number of hydrogen-bond acceptors (Lipinski definition) is 8. The number of nitrogens with zero attached hydrogens (tertiary/aromatic N) is 3. The molecule has 2 aromatic rings. The van der Waals surface area contributed by atoms with Gasteiger partial charge in [0, 0.05) is 38.3 Å². The van der Waals surface area contributed by atoms with E-state index in [1.54, 1.807) is 28.9 Å². The molecule has 2 aliphatic rings. The second-order valence-corrected chi connectivity index (χ2v) is 10.4. The number of amides is 2. The summed E-state index contributed by atoms with van der Waals surface area (Å²) in [5, 5.41) is 14.3. The molecule has 2 amide bonds. The number of nitro groups is 1. The molecule has 4 rings (SSSR count). The third-order valence-electron chi connectivity index (χ3n) is 6.45. The first-order valence-electron chi connectivity index (χ1n) is 11.2. The van der Waals surface area contributed by atoms with Gasteiger partial charge in [0.25, 0.3) is 11.6 Å². The number of sulfonamides is 1. The second-order valence-electron chi connectivity index (χ2n) is 8.71. The topological polar surface area (TPSA) is 155 Å². The van der Waals surface area contributed by atoms with Crippen molar-refractivity contribution in [3.63, 3.8) is 0 Å².